The second kappa shape index (κ2) is 6.00. The monoisotopic (exact) mass is 332 g/mol. The summed E-state index contributed by atoms with van der Waals surface area (Å²) in [6.45, 7) is 2.24. The Balaban J connectivity index is 1.77. The molecule has 5 aromatic carbocycles. The van der Waals surface area contributed by atoms with E-state index in [9.17, 15) is 0 Å². The first-order chi connectivity index (χ1) is 12.8. The summed E-state index contributed by atoms with van der Waals surface area (Å²) in [5.41, 5.74) is 4.17. The maximum absolute atomic E-state index is 2.33. The number of benzene rings is 5. The van der Waals surface area contributed by atoms with Gasteiger partial charge in [-0.25, -0.2) is 0 Å². The van der Waals surface area contributed by atoms with Gasteiger partial charge in [-0.1, -0.05) is 91.0 Å². The largest absolute Gasteiger partial charge is 0.0616 e. The molecule has 0 bridgehead atoms. The Bertz CT molecular complexity index is 1200. The van der Waals surface area contributed by atoms with Crippen molar-refractivity contribution in [2.24, 2.45) is 0 Å². The molecule has 0 unspecified atom stereocenters. The minimum absolute atomic E-state index is 0.951. The molecule has 0 saturated carbocycles. The van der Waals surface area contributed by atoms with E-state index in [1.165, 1.54) is 49.0 Å². The summed E-state index contributed by atoms with van der Waals surface area (Å²) in [6.07, 6.45) is 0.951. The van der Waals surface area contributed by atoms with Gasteiger partial charge in [0, 0.05) is 0 Å². The maximum atomic E-state index is 2.33. The first-order valence-corrected chi connectivity index (χ1v) is 9.18. The molecule has 124 valence electrons. The van der Waals surface area contributed by atoms with Crippen molar-refractivity contribution in [2.45, 2.75) is 13.3 Å². The van der Waals surface area contributed by atoms with E-state index in [1.54, 1.807) is 0 Å². The number of rotatable bonds is 2. The standard InChI is InChI=1S/C26H20/c1-18-22-10-4-6-12-24(22)26(25-13-7-5-11-23(18)25)17-19-14-15-20-8-2-3-9-21(20)16-19/h2-16H,17H2,1H3. The fraction of sp³-hybridized carbons (Fsp3) is 0.0769. The molecule has 0 aliphatic carbocycles. The van der Waals surface area contributed by atoms with Gasteiger partial charge in [-0.15, -0.1) is 0 Å². The van der Waals surface area contributed by atoms with Crippen molar-refractivity contribution in [3.05, 3.63) is 108 Å². The van der Waals surface area contributed by atoms with Gasteiger partial charge in [-0.3, -0.25) is 0 Å². The Labute approximate surface area is 153 Å². The third-order valence-corrected chi connectivity index (χ3v) is 5.51. The van der Waals surface area contributed by atoms with Crippen LogP contribution in [-0.2, 0) is 6.42 Å². The highest BCUT2D eigenvalue weighted by molar-refractivity contribution is 6.05. The normalized spacial score (nSPS) is 11.4. The molecule has 26 heavy (non-hydrogen) atoms. The number of aryl methyl sites for hydroxylation is 1. The van der Waals surface area contributed by atoms with Gasteiger partial charge in [0.2, 0.25) is 0 Å². The summed E-state index contributed by atoms with van der Waals surface area (Å²) < 4.78 is 0. The highest BCUT2D eigenvalue weighted by atomic mass is 14.2. The molecule has 5 aromatic rings. The molecule has 0 N–H and O–H groups in total. The van der Waals surface area contributed by atoms with Gasteiger partial charge in [0.1, 0.15) is 0 Å². The molecule has 0 atom stereocenters. The molecule has 0 nitrogen and oxygen atoms in total. The number of hydrogen-bond donors (Lipinski definition) is 0. The zero-order valence-corrected chi connectivity index (χ0v) is 14.9. The predicted molar refractivity (Wildman–Crippen MR) is 113 cm³/mol. The van der Waals surface area contributed by atoms with Crippen LogP contribution in [0.2, 0.25) is 0 Å². The molecular weight excluding hydrogens is 312 g/mol. The highest BCUT2D eigenvalue weighted by Crippen LogP contribution is 2.34. The minimum atomic E-state index is 0.951. The average molecular weight is 332 g/mol. The summed E-state index contributed by atoms with van der Waals surface area (Å²) in [5, 5.41) is 8.08. The van der Waals surface area contributed by atoms with Gasteiger partial charge in [-0.05, 0) is 62.4 Å². The summed E-state index contributed by atoms with van der Waals surface area (Å²) in [5.74, 6) is 0. The third-order valence-electron chi connectivity index (χ3n) is 5.51. The Morgan fingerprint density at radius 1 is 0.538 bits per heavy atom. The molecule has 0 spiro atoms. The molecule has 0 aliphatic heterocycles. The Morgan fingerprint density at radius 3 is 1.73 bits per heavy atom. The van der Waals surface area contributed by atoms with Gasteiger partial charge in [0.05, 0.1) is 0 Å². The van der Waals surface area contributed by atoms with Crippen molar-refractivity contribution in [3.63, 3.8) is 0 Å². The smallest absolute Gasteiger partial charge is 0.00132 e. The van der Waals surface area contributed by atoms with Gasteiger partial charge in [-0.2, -0.15) is 0 Å². The molecule has 0 saturated heterocycles. The third kappa shape index (κ3) is 2.38. The molecule has 5 rings (SSSR count). The lowest BCUT2D eigenvalue weighted by Gasteiger charge is -2.15. The average Bonchev–Trinajstić information content (AvgIpc) is 2.71. The van der Waals surface area contributed by atoms with Crippen LogP contribution in [0.25, 0.3) is 32.3 Å². The van der Waals surface area contributed by atoms with Crippen LogP contribution >= 0.6 is 0 Å². The molecule has 0 fully saturated rings. The van der Waals surface area contributed by atoms with Crippen molar-refractivity contribution < 1.29 is 0 Å². The lowest BCUT2D eigenvalue weighted by Crippen LogP contribution is -1.95. The van der Waals surface area contributed by atoms with Crippen molar-refractivity contribution in [1.82, 2.24) is 0 Å². The van der Waals surface area contributed by atoms with Crippen LogP contribution in [0.5, 0.6) is 0 Å². The fourth-order valence-electron chi connectivity index (χ4n) is 4.18. The Hall–Kier alpha value is -3.12. The van der Waals surface area contributed by atoms with E-state index in [4.69, 9.17) is 0 Å². The molecule has 0 heteroatoms. The van der Waals surface area contributed by atoms with E-state index in [1.807, 2.05) is 0 Å². The second-order valence-corrected chi connectivity index (χ2v) is 7.05. The van der Waals surface area contributed by atoms with E-state index < -0.39 is 0 Å². The van der Waals surface area contributed by atoms with Crippen LogP contribution in [0.3, 0.4) is 0 Å². The first kappa shape index (κ1) is 15.2. The van der Waals surface area contributed by atoms with Gasteiger partial charge in [0.25, 0.3) is 0 Å². The van der Waals surface area contributed by atoms with Crippen LogP contribution in [-0.4, -0.2) is 0 Å². The zero-order valence-electron chi connectivity index (χ0n) is 14.9. The van der Waals surface area contributed by atoms with Crippen LogP contribution in [0.4, 0.5) is 0 Å². The molecule has 0 aromatic heterocycles. The molecular formula is C26H20. The summed E-state index contributed by atoms with van der Waals surface area (Å²) in [4.78, 5) is 0. The minimum Gasteiger partial charge on any atom is -0.0616 e. The van der Waals surface area contributed by atoms with Crippen LogP contribution in [0.15, 0.2) is 91.0 Å². The maximum Gasteiger partial charge on any atom is -0.00132 e. The Morgan fingerprint density at radius 2 is 1.08 bits per heavy atom. The fourth-order valence-corrected chi connectivity index (χ4v) is 4.18. The zero-order chi connectivity index (χ0) is 17.5. The van der Waals surface area contributed by atoms with E-state index in [0.717, 1.165) is 6.42 Å². The quantitative estimate of drug-likeness (QED) is 0.304. The van der Waals surface area contributed by atoms with Crippen LogP contribution in [0.1, 0.15) is 16.7 Å². The van der Waals surface area contributed by atoms with Crippen molar-refractivity contribution in [1.29, 1.82) is 0 Å². The lowest BCUT2D eigenvalue weighted by atomic mass is 9.89. The lowest BCUT2D eigenvalue weighted by molar-refractivity contribution is 1.24. The predicted octanol–water partition coefficient (Wildman–Crippen LogP) is 7.05. The summed E-state index contributed by atoms with van der Waals surface area (Å²) in [6, 6.07) is 33.1. The van der Waals surface area contributed by atoms with Gasteiger partial charge in [0.15, 0.2) is 0 Å². The van der Waals surface area contributed by atoms with Crippen LogP contribution < -0.4 is 0 Å². The van der Waals surface area contributed by atoms with Gasteiger partial charge >= 0.3 is 0 Å². The number of fused-ring (bicyclic) bond motifs is 3. The van der Waals surface area contributed by atoms with E-state index >= 15 is 0 Å². The summed E-state index contributed by atoms with van der Waals surface area (Å²) in [7, 11) is 0. The highest BCUT2D eigenvalue weighted by Gasteiger charge is 2.11. The van der Waals surface area contributed by atoms with Crippen molar-refractivity contribution in [3.8, 4) is 0 Å². The number of hydrogen-bond acceptors (Lipinski definition) is 0. The molecule has 0 heterocycles. The molecule has 0 aliphatic rings. The molecule has 0 radical (unpaired) electrons. The SMILES string of the molecule is Cc1c2ccccc2c(Cc2ccc3ccccc3c2)c2ccccc12. The van der Waals surface area contributed by atoms with Gasteiger partial charge < -0.3 is 0 Å². The van der Waals surface area contributed by atoms with E-state index in [0.29, 0.717) is 0 Å². The second-order valence-electron chi connectivity index (χ2n) is 7.05. The Kier molecular flexibility index (Phi) is 3.50. The van der Waals surface area contributed by atoms with Crippen molar-refractivity contribution >= 4 is 32.3 Å². The van der Waals surface area contributed by atoms with E-state index in [2.05, 4.69) is 97.9 Å². The molecule has 0 amide bonds. The van der Waals surface area contributed by atoms with E-state index in [-0.39, 0.29) is 0 Å². The summed E-state index contributed by atoms with van der Waals surface area (Å²) >= 11 is 0. The topological polar surface area (TPSA) is 0 Å². The first-order valence-electron chi connectivity index (χ1n) is 9.18. The van der Waals surface area contributed by atoms with Crippen LogP contribution in [0, 0.1) is 6.92 Å². The van der Waals surface area contributed by atoms with Crippen molar-refractivity contribution in [2.75, 3.05) is 0 Å².